The number of nitrogens with one attached hydrogen (secondary N) is 1. The Kier molecular flexibility index (Phi) is 5.20. The van der Waals surface area contributed by atoms with E-state index in [0.717, 1.165) is 24.2 Å². The van der Waals surface area contributed by atoms with Gasteiger partial charge in [0.1, 0.15) is 5.75 Å². The summed E-state index contributed by atoms with van der Waals surface area (Å²) in [7, 11) is 1.65. The molecule has 0 radical (unpaired) electrons. The molecule has 0 heterocycles. The number of ether oxygens (including phenoxy) is 1. The highest BCUT2D eigenvalue weighted by atomic mass is 16.5. The van der Waals surface area contributed by atoms with Gasteiger partial charge in [0.2, 0.25) is 5.91 Å². The maximum absolute atomic E-state index is 11.8. The average molecular weight is 249 g/mol. The molecule has 1 rings (SSSR count). The summed E-state index contributed by atoms with van der Waals surface area (Å²) < 4.78 is 5.13. The molecule has 0 bridgehead atoms. The molecule has 0 aromatic heterocycles. The van der Waals surface area contributed by atoms with Crippen LogP contribution in [0.2, 0.25) is 0 Å². The molecule has 0 saturated heterocycles. The topological polar surface area (TPSA) is 38.3 Å². The molecule has 0 aliphatic carbocycles. The standard InChI is InChI=1S/C15H23NO2/c1-5-6-7-14(17)16-15(2,3)12-8-10-13(18-4)11-9-12/h8-11H,5-7H2,1-4H3,(H,16,17). The molecule has 0 aliphatic rings. The zero-order valence-electron chi connectivity index (χ0n) is 11.7. The Morgan fingerprint density at radius 3 is 2.39 bits per heavy atom. The van der Waals surface area contributed by atoms with E-state index in [1.54, 1.807) is 7.11 Å². The van der Waals surface area contributed by atoms with Crippen molar-refractivity contribution in [2.24, 2.45) is 0 Å². The van der Waals surface area contributed by atoms with Crippen LogP contribution in [0.1, 0.15) is 45.6 Å². The number of hydrogen-bond acceptors (Lipinski definition) is 2. The molecule has 0 saturated carbocycles. The second-order valence-electron chi connectivity index (χ2n) is 5.01. The van der Waals surface area contributed by atoms with Gasteiger partial charge < -0.3 is 10.1 Å². The minimum atomic E-state index is -0.350. The summed E-state index contributed by atoms with van der Waals surface area (Å²) in [5, 5.41) is 3.07. The molecule has 3 heteroatoms. The Hall–Kier alpha value is -1.51. The number of benzene rings is 1. The molecule has 0 unspecified atom stereocenters. The summed E-state index contributed by atoms with van der Waals surface area (Å²) in [5.41, 5.74) is 0.727. The lowest BCUT2D eigenvalue weighted by atomic mass is 9.94. The fraction of sp³-hybridized carbons (Fsp3) is 0.533. The maximum Gasteiger partial charge on any atom is 0.220 e. The van der Waals surface area contributed by atoms with Crippen molar-refractivity contribution < 1.29 is 9.53 Å². The van der Waals surface area contributed by atoms with Crippen LogP contribution in [0.3, 0.4) is 0 Å². The highest BCUT2D eigenvalue weighted by Gasteiger charge is 2.22. The van der Waals surface area contributed by atoms with Gasteiger partial charge in [0.05, 0.1) is 12.6 Å². The van der Waals surface area contributed by atoms with Crippen molar-refractivity contribution in [2.75, 3.05) is 7.11 Å². The fourth-order valence-electron chi connectivity index (χ4n) is 1.83. The van der Waals surface area contributed by atoms with E-state index in [1.807, 2.05) is 38.1 Å². The molecule has 1 aromatic carbocycles. The van der Waals surface area contributed by atoms with Gasteiger partial charge in [0.25, 0.3) is 0 Å². The molecule has 0 atom stereocenters. The van der Waals surface area contributed by atoms with Gasteiger partial charge >= 0.3 is 0 Å². The number of hydrogen-bond donors (Lipinski definition) is 1. The molecule has 1 N–H and O–H groups in total. The Labute approximate surface area is 110 Å². The zero-order valence-corrected chi connectivity index (χ0v) is 11.7. The van der Waals surface area contributed by atoms with Crippen LogP contribution in [0.5, 0.6) is 5.75 Å². The molecule has 3 nitrogen and oxygen atoms in total. The van der Waals surface area contributed by atoms with Gasteiger partial charge in [0, 0.05) is 6.42 Å². The Morgan fingerprint density at radius 1 is 1.28 bits per heavy atom. The number of carbonyl (C=O) groups excluding carboxylic acids is 1. The summed E-state index contributed by atoms with van der Waals surface area (Å²) in [4.78, 5) is 11.8. The number of unbranched alkanes of at least 4 members (excludes halogenated alkanes) is 1. The monoisotopic (exact) mass is 249 g/mol. The third kappa shape index (κ3) is 4.06. The summed E-state index contributed by atoms with van der Waals surface area (Å²) in [6.07, 6.45) is 2.57. The highest BCUT2D eigenvalue weighted by Crippen LogP contribution is 2.22. The maximum atomic E-state index is 11.8. The highest BCUT2D eigenvalue weighted by molar-refractivity contribution is 5.76. The van der Waals surface area contributed by atoms with Crippen LogP contribution in [0, 0.1) is 0 Å². The molecule has 18 heavy (non-hydrogen) atoms. The van der Waals surface area contributed by atoms with Gasteiger partial charge in [-0.05, 0) is 38.0 Å². The van der Waals surface area contributed by atoms with Crippen molar-refractivity contribution in [3.05, 3.63) is 29.8 Å². The Balaban J connectivity index is 2.69. The summed E-state index contributed by atoms with van der Waals surface area (Å²) in [5.74, 6) is 0.935. The van der Waals surface area contributed by atoms with Gasteiger partial charge in [-0.2, -0.15) is 0 Å². The predicted octanol–water partition coefficient (Wildman–Crippen LogP) is 3.24. The van der Waals surface area contributed by atoms with E-state index >= 15 is 0 Å². The van der Waals surface area contributed by atoms with Crippen LogP contribution in [0.4, 0.5) is 0 Å². The van der Waals surface area contributed by atoms with Crippen molar-refractivity contribution in [3.8, 4) is 5.75 Å². The van der Waals surface area contributed by atoms with E-state index in [4.69, 9.17) is 4.74 Å². The van der Waals surface area contributed by atoms with Gasteiger partial charge in [0.15, 0.2) is 0 Å². The van der Waals surface area contributed by atoms with Crippen LogP contribution in [0.15, 0.2) is 24.3 Å². The van der Waals surface area contributed by atoms with E-state index in [2.05, 4.69) is 12.2 Å². The van der Waals surface area contributed by atoms with Gasteiger partial charge in [-0.15, -0.1) is 0 Å². The number of rotatable bonds is 6. The van der Waals surface area contributed by atoms with Crippen molar-refractivity contribution in [1.29, 1.82) is 0 Å². The van der Waals surface area contributed by atoms with Crippen LogP contribution in [-0.4, -0.2) is 13.0 Å². The average Bonchev–Trinajstić information content (AvgIpc) is 2.36. The summed E-state index contributed by atoms with van der Waals surface area (Å²) in [6, 6.07) is 7.79. The van der Waals surface area contributed by atoms with Crippen molar-refractivity contribution in [1.82, 2.24) is 5.32 Å². The normalized spacial score (nSPS) is 11.1. The van der Waals surface area contributed by atoms with Crippen LogP contribution in [-0.2, 0) is 10.3 Å². The molecule has 100 valence electrons. The van der Waals surface area contributed by atoms with E-state index in [1.165, 1.54) is 0 Å². The SMILES string of the molecule is CCCCC(=O)NC(C)(C)c1ccc(OC)cc1. The van der Waals surface area contributed by atoms with Gasteiger partial charge in [-0.25, -0.2) is 0 Å². The molecule has 1 aromatic rings. The largest absolute Gasteiger partial charge is 0.497 e. The second kappa shape index (κ2) is 6.43. The van der Waals surface area contributed by atoms with Crippen molar-refractivity contribution >= 4 is 5.91 Å². The Morgan fingerprint density at radius 2 is 1.89 bits per heavy atom. The summed E-state index contributed by atoms with van der Waals surface area (Å²) in [6.45, 7) is 6.11. The van der Waals surface area contributed by atoms with E-state index in [-0.39, 0.29) is 11.4 Å². The predicted molar refractivity (Wildman–Crippen MR) is 73.7 cm³/mol. The van der Waals surface area contributed by atoms with E-state index < -0.39 is 0 Å². The molecular weight excluding hydrogens is 226 g/mol. The molecule has 0 spiro atoms. The van der Waals surface area contributed by atoms with Crippen LogP contribution >= 0.6 is 0 Å². The fourth-order valence-corrected chi connectivity index (χ4v) is 1.83. The van der Waals surface area contributed by atoms with E-state index in [0.29, 0.717) is 6.42 Å². The smallest absolute Gasteiger partial charge is 0.220 e. The first-order chi connectivity index (χ1) is 8.49. The first kappa shape index (κ1) is 14.6. The lowest BCUT2D eigenvalue weighted by molar-refractivity contribution is -0.122. The second-order valence-corrected chi connectivity index (χ2v) is 5.01. The number of methoxy groups -OCH3 is 1. The van der Waals surface area contributed by atoms with E-state index in [9.17, 15) is 4.79 Å². The Bertz CT molecular complexity index is 382. The van der Waals surface area contributed by atoms with Gasteiger partial charge in [-0.3, -0.25) is 4.79 Å². The number of amides is 1. The third-order valence-electron chi connectivity index (χ3n) is 3.02. The molecule has 0 aliphatic heterocycles. The van der Waals surface area contributed by atoms with Crippen molar-refractivity contribution in [3.63, 3.8) is 0 Å². The third-order valence-corrected chi connectivity index (χ3v) is 3.02. The minimum Gasteiger partial charge on any atom is -0.497 e. The lowest BCUT2D eigenvalue weighted by Gasteiger charge is -2.27. The van der Waals surface area contributed by atoms with Gasteiger partial charge in [-0.1, -0.05) is 25.5 Å². The number of carbonyl (C=O) groups is 1. The first-order valence-electron chi connectivity index (χ1n) is 6.45. The quantitative estimate of drug-likeness (QED) is 0.840. The van der Waals surface area contributed by atoms with Crippen LogP contribution < -0.4 is 10.1 Å². The lowest BCUT2D eigenvalue weighted by Crippen LogP contribution is -2.40. The van der Waals surface area contributed by atoms with Crippen LogP contribution in [0.25, 0.3) is 0 Å². The molecule has 1 amide bonds. The molecule has 0 fully saturated rings. The molecular formula is C15H23NO2. The minimum absolute atomic E-state index is 0.109. The first-order valence-corrected chi connectivity index (χ1v) is 6.45. The zero-order chi connectivity index (χ0) is 13.6. The van der Waals surface area contributed by atoms with Crippen molar-refractivity contribution in [2.45, 2.75) is 45.6 Å². The summed E-state index contributed by atoms with van der Waals surface area (Å²) >= 11 is 0.